The molecular formula is C3HBrClF3. The second-order valence-corrected chi connectivity index (χ2v) is 1.82. The molecule has 0 unspecified atom stereocenters. The normalized spacial score (nSPS) is 14.4. The molecule has 0 spiro atoms. The first-order valence-electron chi connectivity index (χ1n) is 1.51. The van der Waals surface area contributed by atoms with Crippen LogP contribution in [-0.4, -0.2) is 6.18 Å². The van der Waals surface area contributed by atoms with Gasteiger partial charge in [-0.25, -0.2) is 0 Å². The van der Waals surface area contributed by atoms with Crippen LogP contribution in [0.25, 0.3) is 0 Å². The number of rotatable bonds is 0. The summed E-state index contributed by atoms with van der Waals surface area (Å²) in [6.07, 6.45) is -4.41. The summed E-state index contributed by atoms with van der Waals surface area (Å²) >= 11 is 7.07. The monoisotopic (exact) mass is 208 g/mol. The van der Waals surface area contributed by atoms with Gasteiger partial charge in [-0.2, -0.15) is 13.2 Å². The van der Waals surface area contributed by atoms with Crippen molar-refractivity contribution in [2.45, 2.75) is 6.18 Å². The van der Waals surface area contributed by atoms with E-state index < -0.39 is 11.2 Å². The van der Waals surface area contributed by atoms with E-state index in [0.717, 1.165) is 0 Å². The Balaban J connectivity index is 4.03. The van der Waals surface area contributed by atoms with E-state index in [1.165, 1.54) is 0 Å². The van der Waals surface area contributed by atoms with Crippen molar-refractivity contribution in [2.75, 3.05) is 0 Å². The van der Waals surface area contributed by atoms with Crippen molar-refractivity contribution < 1.29 is 13.2 Å². The summed E-state index contributed by atoms with van der Waals surface area (Å²) in [7, 11) is 0. The fraction of sp³-hybridized carbons (Fsp3) is 0.333. The van der Waals surface area contributed by atoms with Crippen molar-refractivity contribution in [3.05, 3.63) is 10.0 Å². The van der Waals surface area contributed by atoms with Gasteiger partial charge in [-0.15, -0.1) is 0 Å². The third kappa shape index (κ3) is 2.57. The summed E-state index contributed by atoms with van der Waals surface area (Å²) < 4.78 is 33.7. The lowest BCUT2D eigenvalue weighted by Gasteiger charge is -2.00. The topological polar surface area (TPSA) is 0 Å². The summed E-state index contributed by atoms with van der Waals surface area (Å²) in [4.78, 5) is 0.620. The summed E-state index contributed by atoms with van der Waals surface area (Å²) in [5.74, 6) is 0. The zero-order valence-corrected chi connectivity index (χ0v) is 5.81. The molecule has 0 heterocycles. The fourth-order valence-corrected chi connectivity index (χ4v) is 0.321. The van der Waals surface area contributed by atoms with E-state index in [4.69, 9.17) is 0 Å². The molecule has 0 radical (unpaired) electrons. The molecule has 0 amide bonds. The van der Waals surface area contributed by atoms with Gasteiger partial charge in [-0.05, 0) is 0 Å². The highest BCUT2D eigenvalue weighted by Gasteiger charge is 2.31. The molecular weight excluding hydrogens is 208 g/mol. The SMILES string of the molecule is FC(F)(F)C(Cl)=CBr. The lowest BCUT2D eigenvalue weighted by Crippen LogP contribution is -2.05. The van der Waals surface area contributed by atoms with Crippen LogP contribution in [0.3, 0.4) is 0 Å². The number of alkyl halides is 3. The molecule has 0 aromatic heterocycles. The van der Waals surface area contributed by atoms with Crippen LogP contribution in [0.2, 0.25) is 0 Å². The Hall–Kier alpha value is 0.300. The zero-order valence-electron chi connectivity index (χ0n) is 3.47. The van der Waals surface area contributed by atoms with E-state index >= 15 is 0 Å². The molecule has 0 nitrogen and oxygen atoms in total. The lowest BCUT2D eigenvalue weighted by atomic mass is 10.6. The minimum atomic E-state index is -4.41. The van der Waals surface area contributed by atoms with E-state index in [-0.39, 0.29) is 0 Å². The van der Waals surface area contributed by atoms with Crippen LogP contribution in [0.4, 0.5) is 13.2 Å². The largest absolute Gasteiger partial charge is 0.427 e. The van der Waals surface area contributed by atoms with Gasteiger partial charge in [0.2, 0.25) is 0 Å². The van der Waals surface area contributed by atoms with Crippen LogP contribution in [0.15, 0.2) is 10.0 Å². The predicted molar refractivity (Wildman–Crippen MR) is 28.9 cm³/mol. The Labute approximate surface area is 57.4 Å². The summed E-state index contributed by atoms with van der Waals surface area (Å²) in [6, 6.07) is 0. The van der Waals surface area contributed by atoms with Crippen molar-refractivity contribution in [1.82, 2.24) is 0 Å². The molecule has 0 rings (SSSR count). The van der Waals surface area contributed by atoms with Gasteiger partial charge < -0.3 is 0 Å². The number of hydrogen-bond acceptors (Lipinski definition) is 0. The molecule has 0 fully saturated rings. The summed E-state index contributed by atoms with van der Waals surface area (Å²) in [5, 5.41) is -1.16. The Kier molecular flexibility index (Phi) is 2.83. The molecule has 0 bridgehead atoms. The number of hydrogen-bond donors (Lipinski definition) is 0. The van der Waals surface area contributed by atoms with Crippen LogP contribution in [0, 0.1) is 0 Å². The highest BCUT2D eigenvalue weighted by atomic mass is 79.9. The molecule has 5 heteroatoms. The van der Waals surface area contributed by atoms with Crippen LogP contribution < -0.4 is 0 Å². The van der Waals surface area contributed by atoms with Crippen LogP contribution >= 0.6 is 27.5 Å². The Bertz CT molecular complexity index is 106. The zero-order chi connectivity index (χ0) is 6.78. The maximum absolute atomic E-state index is 11.2. The molecule has 0 aromatic rings. The molecule has 0 atom stereocenters. The van der Waals surface area contributed by atoms with E-state index in [1.807, 2.05) is 0 Å². The van der Waals surface area contributed by atoms with Crippen molar-refractivity contribution in [2.24, 2.45) is 0 Å². The minimum Gasteiger partial charge on any atom is -0.165 e. The van der Waals surface area contributed by atoms with E-state index in [1.54, 1.807) is 0 Å². The van der Waals surface area contributed by atoms with Gasteiger partial charge in [-0.1, -0.05) is 27.5 Å². The molecule has 48 valence electrons. The Morgan fingerprint density at radius 3 is 1.88 bits per heavy atom. The van der Waals surface area contributed by atoms with Gasteiger partial charge in [0.05, 0.1) is 0 Å². The van der Waals surface area contributed by atoms with E-state index in [2.05, 4.69) is 27.5 Å². The van der Waals surface area contributed by atoms with Crippen LogP contribution in [0.1, 0.15) is 0 Å². The van der Waals surface area contributed by atoms with Crippen molar-refractivity contribution in [1.29, 1.82) is 0 Å². The van der Waals surface area contributed by atoms with Crippen molar-refractivity contribution in [3.63, 3.8) is 0 Å². The molecule has 0 aliphatic carbocycles. The van der Waals surface area contributed by atoms with Gasteiger partial charge in [-0.3, -0.25) is 0 Å². The smallest absolute Gasteiger partial charge is 0.165 e. The maximum atomic E-state index is 11.2. The molecule has 8 heavy (non-hydrogen) atoms. The Morgan fingerprint density at radius 1 is 1.50 bits per heavy atom. The number of allylic oxidation sites excluding steroid dienone is 1. The molecule has 0 aliphatic rings. The van der Waals surface area contributed by atoms with Crippen molar-refractivity contribution >= 4 is 27.5 Å². The third-order valence-corrected chi connectivity index (χ3v) is 1.41. The maximum Gasteiger partial charge on any atom is 0.427 e. The third-order valence-electron chi connectivity index (χ3n) is 0.367. The van der Waals surface area contributed by atoms with Gasteiger partial charge in [0.15, 0.2) is 0 Å². The fourth-order valence-electron chi connectivity index (χ4n) is 0.0619. The number of halogens is 5. The second-order valence-electron chi connectivity index (χ2n) is 0.955. The second kappa shape index (κ2) is 2.73. The van der Waals surface area contributed by atoms with Gasteiger partial charge >= 0.3 is 6.18 Å². The quantitative estimate of drug-likeness (QED) is 0.575. The highest BCUT2D eigenvalue weighted by molar-refractivity contribution is 9.11. The molecule has 0 aliphatic heterocycles. The predicted octanol–water partition coefficient (Wildman–Crippen LogP) is 3.02. The summed E-state index contributed by atoms with van der Waals surface area (Å²) in [5.41, 5.74) is 0. The van der Waals surface area contributed by atoms with Gasteiger partial charge in [0.1, 0.15) is 5.03 Å². The molecule has 0 saturated heterocycles. The van der Waals surface area contributed by atoms with Crippen molar-refractivity contribution in [3.8, 4) is 0 Å². The first-order valence-corrected chi connectivity index (χ1v) is 2.81. The standard InChI is InChI=1S/C3HBrClF3/c4-1-2(5)3(6,7)8/h1H. The molecule has 0 aromatic carbocycles. The molecule has 0 N–H and O–H groups in total. The first kappa shape index (κ1) is 8.30. The lowest BCUT2D eigenvalue weighted by molar-refractivity contribution is -0.0842. The average molecular weight is 209 g/mol. The van der Waals surface area contributed by atoms with E-state index in [9.17, 15) is 13.2 Å². The van der Waals surface area contributed by atoms with Crippen LogP contribution in [0.5, 0.6) is 0 Å². The minimum absolute atomic E-state index is 0.620. The Morgan fingerprint density at radius 2 is 1.88 bits per heavy atom. The van der Waals surface area contributed by atoms with Gasteiger partial charge in [0, 0.05) is 4.99 Å². The highest BCUT2D eigenvalue weighted by Crippen LogP contribution is 2.28. The summed E-state index contributed by atoms with van der Waals surface area (Å²) in [6.45, 7) is 0. The first-order chi connectivity index (χ1) is 3.48. The molecule has 0 saturated carbocycles. The van der Waals surface area contributed by atoms with Gasteiger partial charge in [0.25, 0.3) is 0 Å². The van der Waals surface area contributed by atoms with E-state index in [0.29, 0.717) is 4.99 Å². The average Bonchev–Trinajstić information content (AvgIpc) is 1.62. The van der Waals surface area contributed by atoms with Crippen LogP contribution in [-0.2, 0) is 0 Å².